The summed E-state index contributed by atoms with van der Waals surface area (Å²) in [6.45, 7) is 0.793. The Hall–Kier alpha value is -2.68. The average Bonchev–Trinajstić information content (AvgIpc) is 3.28. The van der Waals surface area contributed by atoms with Crippen LogP contribution in [0.2, 0.25) is 5.02 Å². The number of rotatable bonds is 7. The molecule has 9 heteroatoms. The van der Waals surface area contributed by atoms with Gasteiger partial charge in [0.2, 0.25) is 10.0 Å². The van der Waals surface area contributed by atoms with Crippen molar-refractivity contribution in [1.29, 1.82) is 0 Å². The lowest BCUT2D eigenvalue weighted by Crippen LogP contribution is -2.37. The van der Waals surface area contributed by atoms with Gasteiger partial charge >= 0.3 is 0 Å². The van der Waals surface area contributed by atoms with E-state index in [4.69, 9.17) is 11.6 Å². The zero-order valence-electron chi connectivity index (χ0n) is 16.1. The molecule has 2 heterocycles. The number of hydrogen-bond acceptors (Lipinski definition) is 4. The molecular formula is C21H21ClN4O3S. The van der Waals surface area contributed by atoms with Gasteiger partial charge in [0, 0.05) is 24.0 Å². The maximum Gasteiger partial charge on any atom is 0.255 e. The highest BCUT2D eigenvalue weighted by Crippen LogP contribution is 2.21. The molecule has 30 heavy (non-hydrogen) atoms. The minimum absolute atomic E-state index is 0.199. The van der Waals surface area contributed by atoms with E-state index in [2.05, 4.69) is 15.1 Å². The molecule has 4 rings (SSSR count). The summed E-state index contributed by atoms with van der Waals surface area (Å²) in [6.07, 6.45) is 1.93. The molecule has 1 amide bonds. The number of fused-ring (bicyclic) bond motifs is 1. The van der Waals surface area contributed by atoms with Crippen LogP contribution in [0.1, 0.15) is 27.2 Å². The molecule has 0 saturated carbocycles. The van der Waals surface area contributed by atoms with Gasteiger partial charge in [-0.25, -0.2) is 13.1 Å². The first-order valence-corrected chi connectivity index (χ1v) is 11.5. The molecule has 0 fully saturated rings. The van der Waals surface area contributed by atoms with E-state index < -0.39 is 10.0 Å². The van der Waals surface area contributed by atoms with E-state index in [1.54, 1.807) is 28.9 Å². The highest BCUT2D eigenvalue weighted by Gasteiger charge is 2.30. The first-order chi connectivity index (χ1) is 14.4. The second-order valence-electron chi connectivity index (χ2n) is 7.22. The lowest BCUT2D eigenvalue weighted by Gasteiger charge is -2.13. The predicted molar refractivity (Wildman–Crippen MR) is 115 cm³/mol. The fraction of sp³-hybridized carbons (Fsp3) is 0.238. The highest BCUT2D eigenvalue weighted by molar-refractivity contribution is 7.88. The van der Waals surface area contributed by atoms with Gasteiger partial charge in [0.25, 0.3) is 5.91 Å². The number of carbonyl (C=O) groups excluding carboxylic acids is 1. The predicted octanol–water partition coefficient (Wildman–Crippen LogP) is 2.51. The fourth-order valence-corrected chi connectivity index (χ4v) is 5.24. The third-order valence-electron chi connectivity index (χ3n) is 4.97. The van der Waals surface area contributed by atoms with Gasteiger partial charge < -0.3 is 5.32 Å². The van der Waals surface area contributed by atoms with E-state index in [0.29, 0.717) is 35.7 Å². The molecular weight excluding hydrogens is 424 g/mol. The minimum Gasteiger partial charge on any atom is -0.348 e. The molecule has 1 atom stereocenters. The van der Waals surface area contributed by atoms with Crippen LogP contribution in [0.3, 0.4) is 0 Å². The van der Waals surface area contributed by atoms with Crippen LogP contribution >= 0.6 is 11.6 Å². The van der Waals surface area contributed by atoms with Gasteiger partial charge in [-0.1, -0.05) is 60.1 Å². The largest absolute Gasteiger partial charge is 0.348 e. The van der Waals surface area contributed by atoms with Crippen molar-refractivity contribution < 1.29 is 13.2 Å². The number of sulfonamides is 1. The third-order valence-corrected chi connectivity index (χ3v) is 6.72. The molecule has 1 aliphatic heterocycles. The number of nitrogens with zero attached hydrogens (tertiary/aromatic N) is 2. The molecule has 1 aliphatic rings. The number of hydrogen-bond donors (Lipinski definition) is 2. The average molecular weight is 445 g/mol. The maximum absolute atomic E-state index is 12.6. The van der Waals surface area contributed by atoms with Crippen LogP contribution in [-0.2, 0) is 35.3 Å². The van der Waals surface area contributed by atoms with Crippen molar-refractivity contribution in [3.63, 3.8) is 0 Å². The summed E-state index contributed by atoms with van der Waals surface area (Å²) in [7, 11) is -3.59. The Balaban J connectivity index is 1.38. The summed E-state index contributed by atoms with van der Waals surface area (Å²) in [5.41, 5.74) is 2.74. The van der Waals surface area contributed by atoms with E-state index in [1.165, 1.54) is 6.20 Å². The molecule has 156 valence electrons. The second-order valence-corrected chi connectivity index (χ2v) is 9.39. The summed E-state index contributed by atoms with van der Waals surface area (Å²) in [5, 5.41) is 7.55. The van der Waals surface area contributed by atoms with Gasteiger partial charge in [-0.2, -0.15) is 5.10 Å². The van der Waals surface area contributed by atoms with Gasteiger partial charge in [-0.05, 0) is 17.2 Å². The van der Waals surface area contributed by atoms with Gasteiger partial charge in [0.1, 0.15) is 0 Å². The zero-order chi connectivity index (χ0) is 21.1. The second kappa shape index (κ2) is 8.59. The first-order valence-electron chi connectivity index (χ1n) is 9.51. The first kappa shape index (κ1) is 20.6. The van der Waals surface area contributed by atoms with E-state index >= 15 is 0 Å². The number of nitrogens with one attached hydrogen (secondary N) is 2. The molecule has 0 radical (unpaired) electrons. The van der Waals surface area contributed by atoms with Crippen molar-refractivity contribution in [1.82, 2.24) is 19.8 Å². The van der Waals surface area contributed by atoms with Crippen LogP contribution < -0.4 is 10.0 Å². The molecule has 2 N–H and O–H groups in total. The summed E-state index contributed by atoms with van der Waals surface area (Å²) in [6, 6.07) is 16.1. The zero-order valence-corrected chi connectivity index (χ0v) is 17.7. The molecule has 0 saturated heterocycles. The Morgan fingerprint density at radius 3 is 2.63 bits per heavy atom. The standard InChI is InChI=1S/C21H21ClN4O3S/c22-19-9-5-4-8-16(19)14-30(28,29)25-17-10-20-18(12-24-26(20)13-17)21(27)23-11-15-6-2-1-3-7-15/h1-9,12,17,25H,10-11,13-14H2,(H,23,27)/t17-/m0/s1. The van der Waals surface area contributed by atoms with Crippen LogP contribution in [-0.4, -0.2) is 30.1 Å². The number of carbonyl (C=O) groups is 1. The third kappa shape index (κ3) is 4.72. The molecule has 0 bridgehead atoms. The molecule has 0 spiro atoms. The molecule has 2 aromatic carbocycles. The van der Waals surface area contributed by atoms with E-state index in [-0.39, 0.29) is 17.7 Å². The maximum atomic E-state index is 12.6. The Morgan fingerprint density at radius 2 is 1.87 bits per heavy atom. The van der Waals surface area contributed by atoms with Crippen molar-refractivity contribution in [2.75, 3.05) is 0 Å². The Labute approximate surface area is 180 Å². The van der Waals surface area contributed by atoms with Gasteiger partial charge in [0.05, 0.1) is 29.8 Å². The van der Waals surface area contributed by atoms with E-state index in [1.807, 2.05) is 30.3 Å². The normalized spacial score (nSPS) is 15.7. The van der Waals surface area contributed by atoms with Crippen molar-refractivity contribution in [3.05, 3.63) is 88.2 Å². The summed E-state index contributed by atoms with van der Waals surface area (Å²) < 4.78 is 29.6. The Morgan fingerprint density at radius 1 is 1.13 bits per heavy atom. The quantitative estimate of drug-likeness (QED) is 0.585. The van der Waals surface area contributed by atoms with Crippen LogP contribution in [0, 0.1) is 0 Å². The highest BCUT2D eigenvalue weighted by atomic mass is 35.5. The Bertz CT molecular complexity index is 1160. The van der Waals surface area contributed by atoms with Crippen LogP contribution in [0.4, 0.5) is 0 Å². The Kier molecular flexibility index (Phi) is 5.90. The molecule has 0 unspecified atom stereocenters. The van der Waals surface area contributed by atoms with Crippen molar-refractivity contribution in [2.45, 2.75) is 31.3 Å². The van der Waals surface area contributed by atoms with E-state index in [9.17, 15) is 13.2 Å². The topological polar surface area (TPSA) is 93.1 Å². The van der Waals surface area contributed by atoms with Crippen LogP contribution in [0.5, 0.6) is 0 Å². The number of halogens is 1. The van der Waals surface area contributed by atoms with E-state index in [0.717, 1.165) is 11.3 Å². The smallest absolute Gasteiger partial charge is 0.255 e. The molecule has 1 aromatic heterocycles. The lowest BCUT2D eigenvalue weighted by atomic mass is 10.1. The fourth-order valence-electron chi connectivity index (χ4n) is 3.55. The van der Waals surface area contributed by atoms with Crippen molar-refractivity contribution >= 4 is 27.5 Å². The summed E-state index contributed by atoms with van der Waals surface area (Å²) in [5.74, 6) is -0.421. The number of aromatic nitrogens is 2. The SMILES string of the molecule is O=C(NCc1ccccc1)c1cnn2c1C[C@H](NS(=O)(=O)Cc1ccccc1Cl)C2. The van der Waals surface area contributed by atoms with Gasteiger partial charge in [-0.15, -0.1) is 0 Å². The van der Waals surface area contributed by atoms with Gasteiger partial charge in [-0.3, -0.25) is 9.48 Å². The van der Waals surface area contributed by atoms with Crippen molar-refractivity contribution in [2.24, 2.45) is 0 Å². The molecule has 3 aromatic rings. The number of benzene rings is 2. The lowest BCUT2D eigenvalue weighted by molar-refractivity contribution is 0.0950. The summed E-state index contributed by atoms with van der Waals surface area (Å²) in [4.78, 5) is 12.6. The van der Waals surface area contributed by atoms with Crippen LogP contribution in [0.25, 0.3) is 0 Å². The van der Waals surface area contributed by atoms with Gasteiger partial charge in [0.15, 0.2) is 0 Å². The molecule has 7 nitrogen and oxygen atoms in total. The number of amides is 1. The minimum atomic E-state index is -3.59. The summed E-state index contributed by atoms with van der Waals surface area (Å²) >= 11 is 6.08. The van der Waals surface area contributed by atoms with Crippen molar-refractivity contribution in [3.8, 4) is 0 Å². The monoisotopic (exact) mass is 444 g/mol. The van der Waals surface area contributed by atoms with Crippen LogP contribution in [0.15, 0.2) is 60.8 Å². The molecule has 0 aliphatic carbocycles.